The minimum Gasteiger partial charge on any atom is -0.352 e. The molecule has 1 heterocycles. The smallest absolute Gasteiger partial charge is 0.225 e. The van der Waals surface area contributed by atoms with Crippen molar-refractivity contribution in [2.75, 3.05) is 13.1 Å². The Labute approximate surface area is 121 Å². The van der Waals surface area contributed by atoms with Crippen LogP contribution in [0, 0.1) is 5.92 Å². The Morgan fingerprint density at radius 1 is 1.25 bits per heavy atom. The van der Waals surface area contributed by atoms with Crippen LogP contribution < -0.4 is 5.32 Å². The molecule has 1 atom stereocenters. The highest BCUT2D eigenvalue weighted by Gasteiger charge is 2.33. The molecule has 0 aromatic rings. The van der Waals surface area contributed by atoms with Crippen molar-refractivity contribution in [2.45, 2.75) is 57.4 Å². The van der Waals surface area contributed by atoms with Crippen LogP contribution in [0.5, 0.6) is 0 Å². The van der Waals surface area contributed by atoms with Crippen LogP contribution in [-0.2, 0) is 9.59 Å². The van der Waals surface area contributed by atoms with Gasteiger partial charge in [-0.25, -0.2) is 0 Å². The average molecular weight is 278 g/mol. The highest BCUT2D eigenvalue weighted by Crippen LogP contribution is 2.27. The maximum atomic E-state index is 12.2. The van der Waals surface area contributed by atoms with Gasteiger partial charge in [0.15, 0.2) is 0 Å². The zero-order valence-electron chi connectivity index (χ0n) is 12.3. The zero-order valence-corrected chi connectivity index (χ0v) is 12.3. The average Bonchev–Trinajstić information content (AvgIpc) is 2.74. The van der Waals surface area contributed by atoms with Crippen LogP contribution in [0.15, 0.2) is 12.7 Å². The van der Waals surface area contributed by atoms with E-state index in [-0.39, 0.29) is 17.7 Å². The van der Waals surface area contributed by atoms with Crippen LogP contribution in [0.1, 0.15) is 51.4 Å². The van der Waals surface area contributed by atoms with Gasteiger partial charge in [0, 0.05) is 25.6 Å². The van der Waals surface area contributed by atoms with E-state index in [2.05, 4.69) is 11.9 Å². The first-order valence-corrected chi connectivity index (χ1v) is 7.90. The fourth-order valence-electron chi connectivity index (χ4n) is 3.33. The molecule has 4 nitrogen and oxygen atoms in total. The fraction of sp³-hybridized carbons (Fsp3) is 0.750. The number of hydrogen-bond acceptors (Lipinski definition) is 2. The molecule has 1 saturated carbocycles. The summed E-state index contributed by atoms with van der Waals surface area (Å²) >= 11 is 0. The summed E-state index contributed by atoms with van der Waals surface area (Å²) in [5, 5.41) is 2.86. The van der Waals surface area contributed by atoms with E-state index >= 15 is 0 Å². The molecule has 20 heavy (non-hydrogen) atoms. The van der Waals surface area contributed by atoms with Crippen molar-refractivity contribution in [3.63, 3.8) is 0 Å². The lowest BCUT2D eigenvalue weighted by Crippen LogP contribution is -2.50. The Bertz CT molecular complexity index is 359. The molecule has 0 aromatic carbocycles. The summed E-state index contributed by atoms with van der Waals surface area (Å²) in [6.07, 6.45) is 10.1. The summed E-state index contributed by atoms with van der Waals surface area (Å²) in [7, 11) is 0. The van der Waals surface area contributed by atoms with E-state index in [1.165, 1.54) is 25.7 Å². The first-order valence-electron chi connectivity index (χ1n) is 7.90. The van der Waals surface area contributed by atoms with Crippen molar-refractivity contribution >= 4 is 11.8 Å². The molecule has 112 valence electrons. The number of nitrogens with one attached hydrogen (secondary N) is 1. The summed E-state index contributed by atoms with van der Waals surface area (Å²) < 4.78 is 0. The Morgan fingerprint density at radius 2 is 1.95 bits per heavy atom. The molecule has 2 fully saturated rings. The summed E-state index contributed by atoms with van der Waals surface area (Å²) in [4.78, 5) is 26.2. The van der Waals surface area contributed by atoms with E-state index in [9.17, 15) is 9.59 Å². The molecule has 2 aliphatic rings. The van der Waals surface area contributed by atoms with Crippen molar-refractivity contribution in [1.29, 1.82) is 0 Å². The van der Waals surface area contributed by atoms with Gasteiger partial charge in [0.2, 0.25) is 11.8 Å². The lowest BCUT2D eigenvalue weighted by atomic mass is 9.93. The van der Waals surface area contributed by atoms with E-state index in [1.807, 2.05) is 4.90 Å². The molecule has 0 radical (unpaired) electrons. The third-order valence-corrected chi connectivity index (χ3v) is 4.50. The van der Waals surface area contributed by atoms with E-state index in [1.54, 1.807) is 6.08 Å². The highest BCUT2D eigenvalue weighted by molar-refractivity contribution is 5.84. The number of likely N-dealkylation sites (tertiary alicyclic amines) is 1. The number of rotatable bonds is 4. The molecule has 1 aliphatic heterocycles. The van der Waals surface area contributed by atoms with E-state index in [0.717, 1.165) is 12.8 Å². The second-order valence-corrected chi connectivity index (χ2v) is 5.96. The molecule has 1 aliphatic carbocycles. The van der Waals surface area contributed by atoms with Crippen molar-refractivity contribution in [3.05, 3.63) is 12.7 Å². The quantitative estimate of drug-likeness (QED) is 0.633. The summed E-state index contributed by atoms with van der Waals surface area (Å²) in [5.41, 5.74) is 0. The molecule has 0 aromatic heterocycles. The summed E-state index contributed by atoms with van der Waals surface area (Å²) in [6, 6.07) is 0.361. The van der Waals surface area contributed by atoms with Gasteiger partial charge < -0.3 is 10.2 Å². The van der Waals surface area contributed by atoms with Gasteiger partial charge in [-0.3, -0.25) is 9.59 Å². The van der Waals surface area contributed by atoms with Gasteiger partial charge in [-0.2, -0.15) is 0 Å². The van der Waals surface area contributed by atoms with Crippen LogP contribution in [0.25, 0.3) is 0 Å². The van der Waals surface area contributed by atoms with Crippen molar-refractivity contribution in [2.24, 2.45) is 5.92 Å². The molecule has 2 rings (SSSR count). The fourth-order valence-corrected chi connectivity index (χ4v) is 3.33. The molecular formula is C16H26N2O2. The molecule has 1 saturated heterocycles. The van der Waals surface area contributed by atoms with Gasteiger partial charge >= 0.3 is 0 Å². The van der Waals surface area contributed by atoms with E-state index < -0.39 is 0 Å². The SMILES string of the molecule is C=CCNC(=O)C1CCC(=O)N(C2CCCCCC2)C1. The Hall–Kier alpha value is -1.32. The molecule has 0 bridgehead atoms. The Balaban J connectivity index is 1.94. The van der Waals surface area contributed by atoms with Crippen LogP contribution >= 0.6 is 0 Å². The predicted octanol–water partition coefficient (Wildman–Crippen LogP) is 2.25. The first-order chi connectivity index (χ1) is 9.72. The third kappa shape index (κ3) is 3.84. The van der Waals surface area contributed by atoms with Crippen LogP contribution in [-0.4, -0.2) is 35.8 Å². The minimum absolute atomic E-state index is 0.0455. The Morgan fingerprint density at radius 3 is 2.60 bits per heavy atom. The molecule has 0 spiro atoms. The van der Waals surface area contributed by atoms with E-state index in [0.29, 0.717) is 32.0 Å². The molecule has 4 heteroatoms. The molecule has 1 N–H and O–H groups in total. The molecular weight excluding hydrogens is 252 g/mol. The van der Waals surface area contributed by atoms with Gasteiger partial charge in [0.25, 0.3) is 0 Å². The topological polar surface area (TPSA) is 49.4 Å². The summed E-state index contributed by atoms with van der Waals surface area (Å²) in [6.45, 7) is 4.72. The van der Waals surface area contributed by atoms with Gasteiger partial charge in [0.1, 0.15) is 0 Å². The number of carbonyl (C=O) groups is 2. The van der Waals surface area contributed by atoms with E-state index in [4.69, 9.17) is 0 Å². The second kappa shape index (κ2) is 7.46. The summed E-state index contributed by atoms with van der Waals surface area (Å²) in [5.74, 6) is 0.261. The number of hydrogen-bond donors (Lipinski definition) is 1. The largest absolute Gasteiger partial charge is 0.352 e. The number of nitrogens with zero attached hydrogens (tertiary/aromatic N) is 1. The second-order valence-electron chi connectivity index (χ2n) is 5.96. The first kappa shape index (κ1) is 15.1. The number of piperidine rings is 1. The maximum Gasteiger partial charge on any atom is 0.225 e. The monoisotopic (exact) mass is 278 g/mol. The highest BCUT2D eigenvalue weighted by atomic mass is 16.2. The van der Waals surface area contributed by atoms with Crippen molar-refractivity contribution < 1.29 is 9.59 Å². The minimum atomic E-state index is -0.0455. The lowest BCUT2D eigenvalue weighted by Gasteiger charge is -2.37. The molecule has 1 unspecified atom stereocenters. The van der Waals surface area contributed by atoms with Crippen molar-refractivity contribution in [1.82, 2.24) is 10.2 Å². The normalized spacial score (nSPS) is 25.1. The van der Waals surface area contributed by atoms with Gasteiger partial charge in [0.05, 0.1) is 5.92 Å². The number of carbonyl (C=O) groups excluding carboxylic acids is 2. The van der Waals surface area contributed by atoms with Crippen molar-refractivity contribution in [3.8, 4) is 0 Å². The van der Waals surface area contributed by atoms with Crippen LogP contribution in [0.4, 0.5) is 0 Å². The maximum absolute atomic E-state index is 12.2. The van der Waals surface area contributed by atoms with Gasteiger partial charge in [-0.05, 0) is 19.3 Å². The predicted molar refractivity (Wildman–Crippen MR) is 79.1 cm³/mol. The molecule has 2 amide bonds. The zero-order chi connectivity index (χ0) is 14.4. The standard InChI is InChI=1S/C16H26N2O2/c1-2-11-17-16(20)13-9-10-15(19)18(12-13)14-7-5-3-4-6-8-14/h2,13-14H,1,3-12H2,(H,17,20). The Kier molecular flexibility index (Phi) is 5.62. The van der Waals surface area contributed by atoms with Crippen LogP contribution in [0.3, 0.4) is 0 Å². The number of amides is 2. The third-order valence-electron chi connectivity index (χ3n) is 4.50. The van der Waals surface area contributed by atoms with Gasteiger partial charge in [-0.1, -0.05) is 31.8 Å². The van der Waals surface area contributed by atoms with Crippen LogP contribution in [0.2, 0.25) is 0 Å². The lowest BCUT2D eigenvalue weighted by molar-refractivity contribution is -0.141. The van der Waals surface area contributed by atoms with Gasteiger partial charge in [-0.15, -0.1) is 6.58 Å².